The van der Waals surface area contributed by atoms with Crippen LogP contribution in [0.3, 0.4) is 0 Å². The van der Waals surface area contributed by atoms with E-state index < -0.39 is 33.0 Å². The summed E-state index contributed by atoms with van der Waals surface area (Å²) in [6, 6.07) is 20.0. The van der Waals surface area contributed by atoms with Crippen molar-refractivity contribution in [2.45, 2.75) is 83.7 Å². The molecular formula is C34H43NO6Si. The largest absolute Gasteiger partial charge is 0.542 e. The predicted molar refractivity (Wildman–Crippen MR) is 167 cm³/mol. The van der Waals surface area contributed by atoms with Crippen molar-refractivity contribution in [3.05, 3.63) is 77.9 Å². The molecule has 8 heteroatoms. The number of likely N-dealkylation sites (tertiary alicyclic amines) is 1. The molecule has 0 saturated carbocycles. The second kappa shape index (κ2) is 13.5. The smallest absolute Gasteiger partial charge is 0.410 e. The van der Waals surface area contributed by atoms with E-state index in [1.54, 1.807) is 6.07 Å². The van der Waals surface area contributed by atoms with Crippen LogP contribution in [-0.2, 0) is 20.9 Å². The fraction of sp³-hybridized carbons (Fsp3) is 0.441. The molecule has 1 saturated heterocycles. The second-order valence-electron chi connectivity index (χ2n) is 12.0. The van der Waals surface area contributed by atoms with E-state index in [4.69, 9.17) is 13.9 Å². The molecule has 1 aliphatic rings. The zero-order chi connectivity index (χ0) is 30.4. The van der Waals surface area contributed by atoms with Crippen molar-refractivity contribution in [2.75, 3.05) is 13.2 Å². The summed E-state index contributed by atoms with van der Waals surface area (Å²) in [6.45, 7) is 13.7. The number of ether oxygens (including phenoxy) is 2. The normalized spacial score (nSPS) is 15.5. The van der Waals surface area contributed by atoms with E-state index in [-0.39, 0.29) is 12.4 Å². The van der Waals surface area contributed by atoms with Crippen LogP contribution >= 0.6 is 0 Å². The lowest BCUT2D eigenvalue weighted by Gasteiger charge is -2.42. The van der Waals surface area contributed by atoms with Gasteiger partial charge in [0.05, 0.1) is 0 Å². The van der Waals surface area contributed by atoms with Gasteiger partial charge in [-0.25, -0.2) is 9.59 Å². The van der Waals surface area contributed by atoms with Crippen molar-refractivity contribution in [3.8, 4) is 5.75 Å². The molecule has 0 N–H and O–H groups in total. The Morgan fingerprint density at radius 2 is 1.55 bits per heavy atom. The minimum Gasteiger partial charge on any atom is -0.542 e. The number of nitrogens with zero attached hydrogens (tertiary/aromatic N) is 1. The Hall–Kier alpha value is -3.65. The summed E-state index contributed by atoms with van der Waals surface area (Å²) in [5.74, 6) is -0.0458. The van der Waals surface area contributed by atoms with Gasteiger partial charge in [0.2, 0.25) is 0 Å². The summed E-state index contributed by atoms with van der Waals surface area (Å²) in [4.78, 5) is 40.0. The number of carbonyl (C=O) groups excluding carboxylic acids is 3. The molecule has 0 unspecified atom stereocenters. The average molecular weight is 590 g/mol. The molecule has 4 rings (SSSR count). The molecule has 0 bridgehead atoms. The lowest BCUT2D eigenvalue weighted by Crippen LogP contribution is -2.50. The first kappa shape index (κ1) is 31.3. The van der Waals surface area contributed by atoms with Crippen molar-refractivity contribution in [1.82, 2.24) is 4.90 Å². The van der Waals surface area contributed by atoms with Gasteiger partial charge < -0.3 is 13.9 Å². The van der Waals surface area contributed by atoms with E-state index in [0.29, 0.717) is 41.6 Å². The highest BCUT2D eigenvalue weighted by Gasteiger charge is 2.47. The summed E-state index contributed by atoms with van der Waals surface area (Å²) in [5, 5.41) is 1.85. The fourth-order valence-corrected chi connectivity index (χ4v) is 11.7. The molecule has 0 spiro atoms. The first-order chi connectivity index (χ1) is 20.0. The van der Waals surface area contributed by atoms with Crippen LogP contribution in [0, 0.1) is 0 Å². The van der Waals surface area contributed by atoms with Crippen molar-refractivity contribution >= 4 is 36.9 Å². The van der Waals surface area contributed by atoms with Gasteiger partial charge in [-0.15, -0.1) is 0 Å². The van der Waals surface area contributed by atoms with Gasteiger partial charge in [-0.2, -0.15) is 0 Å². The van der Waals surface area contributed by atoms with E-state index >= 15 is 0 Å². The van der Waals surface area contributed by atoms with Crippen LogP contribution in [0.2, 0.25) is 16.6 Å². The number of ketones is 1. The summed E-state index contributed by atoms with van der Waals surface area (Å²) in [5.41, 5.74) is 2.63. The molecular weight excluding hydrogens is 546 g/mol. The van der Waals surface area contributed by atoms with Crippen molar-refractivity contribution in [1.29, 1.82) is 0 Å². The molecule has 224 valence electrons. The van der Waals surface area contributed by atoms with Gasteiger partial charge in [-0.1, -0.05) is 90.1 Å². The molecule has 0 radical (unpaired) electrons. The lowest BCUT2D eigenvalue weighted by molar-refractivity contribution is -0.147. The molecule has 1 amide bonds. The number of rotatable bonds is 11. The molecule has 3 aromatic rings. The molecule has 1 heterocycles. The van der Waals surface area contributed by atoms with E-state index in [1.807, 2.05) is 60.7 Å². The van der Waals surface area contributed by atoms with E-state index in [9.17, 15) is 14.4 Å². The quantitative estimate of drug-likeness (QED) is 0.128. The Bertz CT molecular complexity index is 1380. The summed E-state index contributed by atoms with van der Waals surface area (Å²) in [6.07, 6.45) is 0.578. The Labute approximate surface area is 250 Å². The maximum absolute atomic E-state index is 13.1. The van der Waals surface area contributed by atoms with Crippen LogP contribution in [0.25, 0.3) is 10.8 Å². The van der Waals surface area contributed by atoms with Crippen molar-refractivity contribution in [3.63, 3.8) is 0 Å². The van der Waals surface area contributed by atoms with Crippen LogP contribution in [-0.4, -0.2) is 50.3 Å². The average Bonchev–Trinajstić information content (AvgIpc) is 3.47. The SMILES string of the molecule is CC(C)[Si](Oc1cccc2cc(C(=O)COC(=O)[C@@H]3CCCN3C(=O)OCc3ccccc3)ccc12)(C(C)C)C(C)C. The molecule has 1 atom stereocenters. The van der Waals surface area contributed by atoms with E-state index in [2.05, 4.69) is 41.5 Å². The summed E-state index contributed by atoms with van der Waals surface area (Å²) >= 11 is 0. The zero-order valence-electron chi connectivity index (χ0n) is 25.6. The van der Waals surface area contributed by atoms with Gasteiger partial charge in [0.15, 0.2) is 12.4 Å². The summed E-state index contributed by atoms with van der Waals surface area (Å²) in [7, 11) is -2.16. The topological polar surface area (TPSA) is 82.1 Å². The first-order valence-electron chi connectivity index (χ1n) is 14.9. The van der Waals surface area contributed by atoms with Crippen LogP contribution in [0.5, 0.6) is 5.75 Å². The molecule has 0 aliphatic carbocycles. The maximum Gasteiger partial charge on any atom is 0.410 e. The number of esters is 1. The Kier molecular flexibility index (Phi) is 10.1. The van der Waals surface area contributed by atoms with Gasteiger partial charge in [0.1, 0.15) is 18.4 Å². The lowest BCUT2D eigenvalue weighted by atomic mass is 10.0. The number of amides is 1. The zero-order valence-corrected chi connectivity index (χ0v) is 26.6. The second-order valence-corrected chi connectivity index (χ2v) is 17.4. The van der Waals surface area contributed by atoms with Crippen molar-refractivity contribution < 1.29 is 28.3 Å². The minimum atomic E-state index is -2.16. The first-order valence-corrected chi connectivity index (χ1v) is 17.1. The Balaban J connectivity index is 1.41. The van der Waals surface area contributed by atoms with Crippen LogP contribution in [0.4, 0.5) is 4.79 Å². The van der Waals surface area contributed by atoms with Crippen LogP contribution in [0.1, 0.15) is 70.3 Å². The minimum absolute atomic E-state index is 0.126. The third-order valence-corrected chi connectivity index (χ3v) is 14.5. The van der Waals surface area contributed by atoms with Crippen molar-refractivity contribution in [2.24, 2.45) is 0 Å². The number of carbonyl (C=O) groups is 3. The highest BCUT2D eigenvalue weighted by molar-refractivity contribution is 6.78. The van der Waals surface area contributed by atoms with Gasteiger partial charge in [-0.3, -0.25) is 9.69 Å². The van der Waals surface area contributed by atoms with E-state index in [0.717, 1.165) is 22.1 Å². The standard InChI is InChI=1S/C34H43NO6Si/c1-23(2)42(24(3)4,25(5)6)41-32-16-10-14-27-20-28(17-18-29(27)32)31(36)22-39-33(37)30-15-11-19-35(30)34(38)40-21-26-12-8-7-9-13-26/h7-10,12-14,16-18,20,23-25,30H,11,15,19,21-22H2,1-6H3/t30-/m0/s1. The Morgan fingerprint density at radius 1 is 0.857 bits per heavy atom. The number of fused-ring (bicyclic) bond motifs is 1. The van der Waals surface area contributed by atoms with Gasteiger partial charge in [-0.05, 0) is 58.6 Å². The van der Waals surface area contributed by atoms with Crippen LogP contribution < -0.4 is 4.43 Å². The summed E-state index contributed by atoms with van der Waals surface area (Å²) < 4.78 is 17.8. The molecule has 3 aromatic carbocycles. The predicted octanol–water partition coefficient (Wildman–Crippen LogP) is 7.92. The van der Waals surface area contributed by atoms with Gasteiger partial charge in [0.25, 0.3) is 8.32 Å². The highest BCUT2D eigenvalue weighted by Crippen LogP contribution is 2.44. The monoisotopic (exact) mass is 589 g/mol. The van der Waals surface area contributed by atoms with Gasteiger partial charge in [0, 0.05) is 17.5 Å². The van der Waals surface area contributed by atoms with E-state index in [1.165, 1.54) is 4.90 Å². The number of benzene rings is 3. The number of hydrogen-bond donors (Lipinski definition) is 0. The fourth-order valence-electron chi connectivity index (χ4n) is 6.41. The van der Waals surface area contributed by atoms with Gasteiger partial charge >= 0.3 is 12.1 Å². The molecule has 7 nitrogen and oxygen atoms in total. The highest BCUT2D eigenvalue weighted by atomic mass is 28.4. The number of hydrogen-bond acceptors (Lipinski definition) is 6. The third kappa shape index (κ3) is 6.70. The number of Topliss-reactive ketones (excluding diaryl/α,β-unsaturated/α-hetero) is 1. The molecule has 1 aliphatic heterocycles. The molecule has 1 fully saturated rings. The Morgan fingerprint density at radius 3 is 2.21 bits per heavy atom. The molecule has 0 aromatic heterocycles. The molecule has 42 heavy (non-hydrogen) atoms. The van der Waals surface area contributed by atoms with Crippen LogP contribution in [0.15, 0.2) is 66.7 Å². The third-order valence-electron chi connectivity index (χ3n) is 8.47. The maximum atomic E-state index is 13.1.